The predicted molar refractivity (Wildman–Crippen MR) is 171 cm³/mol. The van der Waals surface area contributed by atoms with E-state index in [0.717, 1.165) is 10.0 Å². The molecule has 0 spiro atoms. The summed E-state index contributed by atoms with van der Waals surface area (Å²) in [7, 11) is 0. The fourth-order valence-corrected chi connectivity index (χ4v) is 4.60. The summed E-state index contributed by atoms with van der Waals surface area (Å²) < 4.78 is 6.65. The molecular formula is C34H24BrN3O6. The minimum Gasteiger partial charge on any atom is -0.457 e. The van der Waals surface area contributed by atoms with E-state index in [2.05, 4.69) is 26.6 Å². The van der Waals surface area contributed by atoms with E-state index in [-0.39, 0.29) is 29.4 Å². The van der Waals surface area contributed by atoms with Gasteiger partial charge in [0.1, 0.15) is 11.5 Å². The molecule has 0 saturated heterocycles. The summed E-state index contributed by atoms with van der Waals surface area (Å²) in [5.74, 6) is -0.186. The Hall–Kier alpha value is -5.61. The van der Waals surface area contributed by atoms with Gasteiger partial charge in [0, 0.05) is 45.1 Å². The van der Waals surface area contributed by atoms with Crippen LogP contribution in [0.15, 0.2) is 124 Å². The number of benzene rings is 4. The molecule has 0 aliphatic heterocycles. The van der Waals surface area contributed by atoms with Gasteiger partial charge in [-0.15, -0.1) is 0 Å². The topological polar surface area (TPSA) is 132 Å². The maximum atomic E-state index is 13.4. The number of nitrogens with zero attached hydrogens (tertiary/aromatic N) is 1. The number of nitro groups is 1. The normalized spacial score (nSPS) is 10.8. The van der Waals surface area contributed by atoms with E-state index in [1.54, 1.807) is 66.7 Å². The van der Waals surface area contributed by atoms with E-state index in [1.165, 1.54) is 30.4 Å². The van der Waals surface area contributed by atoms with Gasteiger partial charge in [-0.2, -0.15) is 0 Å². The molecule has 1 heterocycles. The fraction of sp³-hybridized carbons (Fsp3) is 0.0294. The Bertz CT molecular complexity index is 1860. The lowest BCUT2D eigenvalue weighted by atomic mass is 10.0. The lowest BCUT2D eigenvalue weighted by Crippen LogP contribution is -2.18. The summed E-state index contributed by atoms with van der Waals surface area (Å²) in [6, 6.07) is 30.0. The molecule has 1 aromatic heterocycles. The SMILES string of the molecule is O=C(C=Cc1ccc(-c2ccc([N+](=O)[O-])cc2)o1)Nc1ccc(NC(=O)Cc2ccc(Br)cc2)c(C(=O)c2ccccc2)c1. The predicted octanol–water partition coefficient (Wildman–Crippen LogP) is 7.68. The molecule has 2 amide bonds. The molecule has 0 aliphatic rings. The minimum atomic E-state index is -0.478. The Morgan fingerprint density at radius 3 is 2.27 bits per heavy atom. The van der Waals surface area contributed by atoms with E-state index >= 15 is 0 Å². The van der Waals surface area contributed by atoms with Gasteiger partial charge in [0.05, 0.1) is 17.0 Å². The smallest absolute Gasteiger partial charge is 0.269 e. The lowest BCUT2D eigenvalue weighted by molar-refractivity contribution is -0.384. The first-order valence-corrected chi connectivity index (χ1v) is 14.2. The standard InChI is InChI=1S/C34H24BrN3O6/c35-25-10-6-22(7-11-25)20-33(40)37-30-17-12-26(21-29(30)34(41)24-4-2-1-3-5-24)36-32(39)19-16-28-15-18-31(44-28)23-8-13-27(14-9-23)38(42)43/h1-19,21H,20H2,(H,36,39)(H,37,40). The summed E-state index contributed by atoms with van der Waals surface area (Å²) >= 11 is 3.38. The van der Waals surface area contributed by atoms with Gasteiger partial charge in [0.2, 0.25) is 11.8 Å². The molecule has 0 saturated carbocycles. The summed E-state index contributed by atoms with van der Waals surface area (Å²) in [6.07, 6.45) is 2.89. The van der Waals surface area contributed by atoms with Gasteiger partial charge in [-0.05, 0) is 66.2 Å². The van der Waals surface area contributed by atoms with Gasteiger partial charge in [-0.1, -0.05) is 58.4 Å². The zero-order valence-electron chi connectivity index (χ0n) is 23.0. The number of nitro benzene ring substituents is 1. The third-order valence-corrected chi connectivity index (χ3v) is 7.04. The molecule has 2 N–H and O–H groups in total. The van der Waals surface area contributed by atoms with Crippen molar-refractivity contribution in [1.29, 1.82) is 0 Å². The van der Waals surface area contributed by atoms with Gasteiger partial charge in [0.15, 0.2) is 5.78 Å². The average Bonchev–Trinajstić information content (AvgIpc) is 3.51. The van der Waals surface area contributed by atoms with Crippen LogP contribution in [0.1, 0.15) is 27.2 Å². The zero-order chi connectivity index (χ0) is 31.1. The van der Waals surface area contributed by atoms with Crippen LogP contribution in [0.25, 0.3) is 17.4 Å². The molecular weight excluding hydrogens is 626 g/mol. The molecule has 5 aromatic rings. The van der Waals surface area contributed by atoms with Gasteiger partial charge in [-0.3, -0.25) is 24.5 Å². The molecule has 0 unspecified atom stereocenters. The highest BCUT2D eigenvalue weighted by Crippen LogP contribution is 2.26. The van der Waals surface area contributed by atoms with Gasteiger partial charge in [-0.25, -0.2) is 0 Å². The van der Waals surface area contributed by atoms with Crippen LogP contribution in [0.2, 0.25) is 0 Å². The van der Waals surface area contributed by atoms with Crippen LogP contribution < -0.4 is 10.6 Å². The average molecular weight is 650 g/mol. The Kier molecular flexibility index (Phi) is 9.22. The highest BCUT2D eigenvalue weighted by Gasteiger charge is 2.17. The summed E-state index contributed by atoms with van der Waals surface area (Å²) in [4.78, 5) is 49.4. The largest absolute Gasteiger partial charge is 0.457 e. The number of carbonyl (C=O) groups excluding carboxylic acids is 3. The maximum absolute atomic E-state index is 13.4. The van der Waals surface area contributed by atoms with Crippen LogP contribution in [0, 0.1) is 10.1 Å². The number of hydrogen-bond donors (Lipinski definition) is 2. The molecule has 0 fully saturated rings. The minimum absolute atomic E-state index is 0.0261. The number of nitrogens with one attached hydrogen (secondary N) is 2. The van der Waals surface area contributed by atoms with Crippen molar-refractivity contribution < 1.29 is 23.7 Å². The number of ketones is 1. The van der Waals surface area contributed by atoms with Crippen molar-refractivity contribution in [2.45, 2.75) is 6.42 Å². The highest BCUT2D eigenvalue weighted by atomic mass is 79.9. The number of carbonyl (C=O) groups is 3. The monoisotopic (exact) mass is 649 g/mol. The summed E-state index contributed by atoms with van der Waals surface area (Å²) in [5.41, 5.74) is 2.77. The van der Waals surface area contributed by atoms with E-state index < -0.39 is 10.8 Å². The van der Waals surface area contributed by atoms with Crippen molar-refractivity contribution in [3.05, 3.63) is 152 Å². The molecule has 0 bridgehead atoms. The molecule has 218 valence electrons. The molecule has 0 aliphatic carbocycles. The Labute approximate surface area is 260 Å². The molecule has 5 rings (SSSR count). The molecule has 0 atom stereocenters. The Morgan fingerprint density at radius 1 is 0.841 bits per heavy atom. The van der Waals surface area contributed by atoms with Gasteiger partial charge in [0.25, 0.3) is 5.69 Å². The zero-order valence-corrected chi connectivity index (χ0v) is 24.6. The number of anilines is 2. The molecule has 0 radical (unpaired) electrons. The van der Waals surface area contributed by atoms with Crippen molar-refractivity contribution in [3.8, 4) is 11.3 Å². The highest BCUT2D eigenvalue weighted by molar-refractivity contribution is 9.10. The van der Waals surface area contributed by atoms with E-state index in [1.807, 2.05) is 24.3 Å². The first-order chi connectivity index (χ1) is 21.2. The summed E-state index contributed by atoms with van der Waals surface area (Å²) in [6.45, 7) is 0. The lowest BCUT2D eigenvalue weighted by Gasteiger charge is -2.13. The third-order valence-electron chi connectivity index (χ3n) is 6.51. The van der Waals surface area contributed by atoms with Crippen molar-refractivity contribution in [2.24, 2.45) is 0 Å². The summed E-state index contributed by atoms with van der Waals surface area (Å²) in [5, 5.41) is 16.5. The first kappa shape index (κ1) is 29.9. The van der Waals surface area contributed by atoms with Gasteiger partial charge >= 0.3 is 0 Å². The quantitative estimate of drug-likeness (QED) is 0.0690. The van der Waals surface area contributed by atoms with Gasteiger partial charge < -0.3 is 15.1 Å². The number of furan rings is 1. The van der Waals surface area contributed by atoms with Crippen LogP contribution in [-0.2, 0) is 16.0 Å². The molecule has 9 nitrogen and oxygen atoms in total. The second kappa shape index (κ2) is 13.6. The number of amides is 2. The van der Waals surface area contributed by atoms with Crippen molar-refractivity contribution in [3.63, 3.8) is 0 Å². The van der Waals surface area contributed by atoms with Crippen LogP contribution >= 0.6 is 15.9 Å². The van der Waals surface area contributed by atoms with E-state index in [0.29, 0.717) is 34.0 Å². The molecule has 10 heteroatoms. The van der Waals surface area contributed by atoms with E-state index in [4.69, 9.17) is 4.42 Å². The molecule has 4 aromatic carbocycles. The third kappa shape index (κ3) is 7.61. The number of hydrogen-bond acceptors (Lipinski definition) is 6. The van der Waals surface area contributed by atoms with Crippen LogP contribution in [0.4, 0.5) is 17.1 Å². The van der Waals surface area contributed by atoms with E-state index in [9.17, 15) is 24.5 Å². The molecule has 44 heavy (non-hydrogen) atoms. The number of non-ortho nitro benzene ring substituents is 1. The first-order valence-electron chi connectivity index (χ1n) is 13.4. The Morgan fingerprint density at radius 2 is 1.57 bits per heavy atom. The second-order valence-electron chi connectivity index (χ2n) is 9.64. The van der Waals surface area contributed by atoms with Crippen molar-refractivity contribution in [1.82, 2.24) is 0 Å². The Balaban J connectivity index is 1.30. The number of halogens is 1. The van der Waals surface area contributed by atoms with Crippen LogP contribution in [0.3, 0.4) is 0 Å². The van der Waals surface area contributed by atoms with Crippen LogP contribution in [-0.4, -0.2) is 22.5 Å². The fourth-order valence-electron chi connectivity index (χ4n) is 4.33. The van der Waals surface area contributed by atoms with Crippen molar-refractivity contribution >= 4 is 56.7 Å². The maximum Gasteiger partial charge on any atom is 0.269 e. The second-order valence-corrected chi connectivity index (χ2v) is 10.6. The van der Waals surface area contributed by atoms with Crippen LogP contribution in [0.5, 0.6) is 0 Å². The number of rotatable bonds is 10. The van der Waals surface area contributed by atoms with Crippen molar-refractivity contribution in [2.75, 3.05) is 10.6 Å².